The predicted octanol–water partition coefficient (Wildman–Crippen LogP) is -3.82. The average Bonchev–Trinajstić information content (AvgIpc) is 0.808. The van der Waals surface area contributed by atoms with E-state index < -0.39 is 237 Å². The van der Waals surface area contributed by atoms with E-state index in [0.717, 1.165) is 0 Å². The molecule has 816 valence electrons. The second-order valence-electron chi connectivity index (χ2n) is 32.3. The van der Waals surface area contributed by atoms with E-state index >= 15 is 0 Å². The molecule has 2 aromatic carbocycles. The highest BCUT2D eigenvalue weighted by molar-refractivity contribution is 7.60. The number of fused-ring (bicyclic) bond motifs is 1. The third kappa shape index (κ3) is 56.9. The van der Waals surface area contributed by atoms with Gasteiger partial charge in [0, 0.05) is 109 Å². The molecule has 8 atom stereocenters. The number of aliphatic carboxylic acids is 9. The molecule has 0 bridgehead atoms. The SMILES string of the molecule is NCCCC[C@H](NC(=O)[C@H](CC(=O)O)CC(=O)[C@H](CC(=O)O)NC(=O)Cc1ccc(CNC(=O)NCCCC[C@H](NC(=O)N[C@@H](CCC(=O)O)C(=O)O)C(=O)O)cc1)C(=O)N[C@@H](CCCCNC(=O)[C@H](CCCCNC(=O)CC[C@H](NC(=O)c1ccc(NCc2cnc3[nH]c(N)nc(=O)c3n2)cc1)C(=O)O)NC(=O)CN1CCN(CC(=O)O)CCN(CC(=O)O)CCN(CC(=O)O)CC1)C(N)=O.S.S.S.S.S.S.S.S. The number of hydrogen-bond donors (Lipinski definition) is 25. The van der Waals surface area contributed by atoms with E-state index in [0.29, 0.717) is 28.9 Å². The molecule has 1 fully saturated rings. The minimum atomic E-state index is -1.81. The van der Waals surface area contributed by atoms with E-state index in [1.165, 1.54) is 42.6 Å². The fourth-order valence-electron chi connectivity index (χ4n) is 14.0. The number of Topliss-reactive ketones (excluding diaryl/α,β-unsaturated/α-hetero) is 1. The number of H-pyrrole nitrogens is 1. The maximum Gasteiger partial charge on any atom is 0.326 e. The number of ketones is 1. The first-order chi connectivity index (χ1) is 65.0. The first-order valence-corrected chi connectivity index (χ1v) is 44.0. The molecule has 145 heavy (non-hydrogen) atoms. The highest BCUT2D eigenvalue weighted by Gasteiger charge is 2.36. The Bertz CT molecular complexity index is 4910. The maximum atomic E-state index is 14.2. The number of aromatic amines is 1. The van der Waals surface area contributed by atoms with E-state index in [9.17, 15) is 142 Å². The number of rotatable bonds is 62. The van der Waals surface area contributed by atoms with Crippen LogP contribution in [0.15, 0.2) is 59.5 Å². The molecule has 0 saturated carbocycles. The first-order valence-electron chi connectivity index (χ1n) is 44.0. The minimum Gasteiger partial charge on any atom is -0.481 e. The lowest BCUT2D eigenvalue weighted by Gasteiger charge is -2.33. The molecule has 4 aromatic rings. The van der Waals surface area contributed by atoms with Gasteiger partial charge in [-0.1, -0.05) is 24.3 Å². The molecule has 1 saturated heterocycles. The Kier molecular flexibility index (Phi) is 71.9. The van der Waals surface area contributed by atoms with Gasteiger partial charge in [0.15, 0.2) is 16.9 Å². The number of amides is 12. The Labute approximate surface area is 888 Å². The zero-order valence-corrected chi connectivity index (χ0v) is 87.1. The summed E-state index contributed by atoms with van der Waals surface area (Å²) in [5.41, 5.74) is 18.4. The highest BCUT2D eigenvalue weighted by Crippen LogP contribution is 2.19. The van der Waals surface area contributed by atoms with Crippen LogP contribution in [0.25, 0.3) is 11.2 Å². The zero-order valence-electron chi connectivity index (χ0n) is 79.1. The molecule has 0 radical (unpaired) electrons. The van der Waals surface area contributed by atoms with Gasteiger partial charge in [0.2, 0.25) is 47.3 Å². The summed E-state index contributed by atoms with van der Waals surface area (Å²) < 4.78 is 0. The number of carboxylic acid groups (broad SMARTS) is 9. The fraction of sp³-hybridized carbons (Fsp3) is 0.548. The van der Waals surface area contributed by atoms with Crippen molar-refractivity contribution in [3.63, 3.8) is 0 Å². The van der Waals surface area contributed by atoms with Gasteiger partial charge >= 0.3 is 71.3 Å². The van der Waals surface area contributed by atoms with Crippen LogP contribution in [0.5, 0.6) is 0 Å². The van der Waals surface area contributed by atoms with Crippen LogP contribution in [0.2, 0.25) is 0 Å². The molecule has 12 amide bonds. The smallest absolute Gasteiger partial charge is 0.326 e. The van der Waals surface area contributed by atoms with E-state index in [-0.39, 0.29) is 306 Å². The number of carboxylic acids is 9. The van der Waals surface area contributed by atoms with Crippen LogP contribution in [0.3, 0.4) is 0 Å². The molecule has 61 heteroatoms. The van der Waals surface area contributed by atoms with Crippen molar-refractivity contribution in [1.29, 1.82) is 0 Å². The van der Waals surface area contributed by atoms with Crippen LogP contribution < -0.4 is 86.6 Å². The molecule has 5 rings (SSSR count). The fourth-order valence-corrected chi connectivity index (χ4v) is 14.0. The van der Waals surface area contributed by atoms with Gasteiger partial charge in [0.25, 0.3) is 5.91 Å². The molecule has 2 aromatic heterocycles. The number of nitrogens with zero attached hydrogens (tertiary/aromatic N) is 7. The van der Waals surface area contributed by atoms with Gasteiger partial charge in [-0.05, 0) is 132 Å². The lowest BCUT2D eigenvalue weighted by molar-refractivity contribution is -0.144. The largest absolute Gasteiger partial charge is 0.481 e. The number of hydrogen-bond acceptors (Lipinski definition) is 31. The van der Waals surface area contributed by atoms with Crippen LogP contribution >= 0.6 is 108 Å². The van der Waals surface area contributed by atoms with Gasteiger partial charge in [-0.2, -0.15) is 113 Å². The van der Waals surface area contributed by atoms with Crippen LogP contribution in [0.4, 0.5) is 21.2 Å². The zero-order chi connectivity index (χ0) is 101. The van der Waals surface area contributed by atoms with Crippen molar-refractivity contribution in [2.45, 2.75) is 184 Å². The van der Waals surface area contributed by atoms with Crippen molar-refractivity contribution >= 4 is 250 Å². The first kappa shape index (κ1) is 139. The summed E-state index contributed by atoms with van der Waals surface area (Å²) in [5, 5.41) is 117. The predicted molar refractivity (Wildman–Crippen MR) is 563 cm³/mol. The summed E-state index contributed by atoms with van der Waals surface area (Å²) in [6, 6.07) is -0.443. The van der Waals surface area contributed by atoms with Gasteiger partial charge in [-0.3, -0.25) is 96.3 Å². The number of benzene rings is 2. The number of aromatic nitrogens is 4. The standard InChI is InChI=1S/C84H121N23O30.8H2S/c85-25-5-1-10-56(98-75(126)51(39-66(114)115)38-61(108)60(40-67(116)117)96-63(110)37-48-13-15-49(16-14-48)41-93-83(136)90-28-8-4-12-57(79(130)131)100-84(137)101-59(81(134)135)22-24-65(112)113)77(128)97-54(72(86)124)9-2-7-27-89-76(127)55(95-64(111)44-104-29-31-105(45-68(118)119)33-35-107(47-70(122)123)36-34-106(32-30-104)46-69(120)121)11-3-6-26-88-62(109)23-21-58(80(132)133)99-74(125)50-17-19-52(20-18-50)91-42-53-43-92-73-71(94-53)78(129)103-82(87)102-73;;;;;;;;/h13-20,43,51,54-60,91H,1-12,21-42,44-47,85H2,(H2,86,124)(H,88,109)(H,89,127)(H,95,111)(H,96,110)(H,97,128)(H,98,126)(H,99,125)(H,112,113)(H,114,115)(H,116,117)(H,118,119)(H,120,121)(H,122,123)(H,130,131)(H,132,133)(H,134,135)(H2,90,93,136)(H2,100,101,137)(H3,87,92,102,103,129);8*1H2/t51-,54-,55-,56-,57-,58-,59-,60-;;;;;;;;/m0......../s1. The van der Waals surface area contributed by atoms with Crippen molar-refractivity contribution < 1.29 is 142 Å². The van der Waals surface area contributed by atoms with E-state index in [1.54, 1.807) is 31.7 Å². The van der Waals surface area contributed by atoms with Crippen molar-refractivity contribution in [1.82, 2.24) is 98.0 Å². The number of carbonyl (C=O) groups is 20. The van der Waals surface area contributed by atoms with Gasteiger partial charge in [-0.15, -0.1) is 0 Å². The monoisotopic (exact) mass is 2200 g/mol. The Morgan fingerprint density at radius 3 is 1.34 bits per heavy atom. The molecule has 1 aliphatic rings. The number of nitrogens with two attached hydrogens (primary N) is 3. The summed E-state index contributed by atoms with van der Waals surface area (Å²) in [7, 11) is 0. The molecule has 0 aliphatic carbocycles. The number of unbranched alkanes of at least 4 members (excludes halogenated alkanes) is 4. The Balaban J connectivity index is -0.0000124. The normalized spacial score (nSPS) is 13.7. The molecule has 28 N–H and O–H groups in total. The average molecular weight is 2210 g/mol. The molecule has 53 nitrogen and oxygen atoms in total. The van der Waals surface area contributed by atoms with Crippen LogP contribution in [-0.2, 0) is 101 Å². The quantitative estimate of drug-likeness (QED) is 0.0188. The Morgan fingerprint density at radius 1 is 0.393 bits per heavy atom. The summed E-state index contributed by atoms with van der Waals surface area (Å²) in [5.74, 6) is -22.3. The van der Waals surface area contributed by atoms with Gasteiger partial charge in [0.05, 0.1) is 75.8 Å². The number of nitrogen functional groups attached to an aromatic ring is 1. The van der Waals surface area contributed by atoms with Crippen LogP contribution in [-0.4, -0.2) is 351 Å². The molecular formula is C84H137N23O30S8. The third-order valence-electron chi connectivity index (χ3n) is 21.3. The lowest BCUT2D eigenvalue weighted by atomic mass is 9.92. The minimum absolute atomic E-state index is 0. The second-order valence-corrected chi connectivity index (χ2v) is 32.3. The van der Waals surface area contributed by atoms with Gasteiger partial charge in [0.1, 0.15) is 36.3 Å². The molecule has 3 heterocycles. The number of nitrogens with one attached hydrogen (secondary N) is 13. The maximum absolute atomic E-state index is 14.2. The number of urea groups is 2. The second kappa shape index (κ2) is 74.9. The number of primary amides is 1. The summed E-state index contributed by atoms with van der Waals surface area (Å²) in [6.07, 6.45) is -2.91. The number of anilines is 2. The van der Waals surface area contributed by atoms with Crippen molar-refractivity contribution in [3.05, 3.63) is 87.5 Å². The number of carbonyl (C=O) groups excluding carboxylic acids is 11. The van der Waals surface area contributed by atoms with Gasteiger partial charge < -0.3 is 132 Å². The molecule has 0 spiro atoms. The lowest BCUT2D eigenvalue weighted by Crippen LogP contribution is -2.54. The Morgan fingerprint density at radius 2 is 0.841 bits per heavy atom. The molecule has 1 aliphatic heterocycles. The summed E-state index contributed by atoms with van der Waals surface area (Å²) in [6.45, 7) is -1.06. The summed E-state index contributed by atoms with van der Waals surface area (Å²) >= 11 is 0. The van der Waals surface area contributed by atoms with Crippen molar-refractivity contribution in [3.8, 4) is 0 Å². The topological polar surface area (TPSA) is 830 Å². The molecular weight excluding hydrogens is 2070 g/mol. The van der Waals surface area contributed by atoms with Crippen LogP contribution in [0, 0.1) is 5.92 Å². The van der Waals surface area contributed by atoms with E-state index in [4.69, 9.17) is 22.3 Å². The van der Waals surface area contributed by atoms with Gasteiger partial charge in [-0.25, -0.2) is 33.9 Å². The highest BCUT2D eigenvalue weighted by atomic mass is 32.1. The third-order valence-corrected chi connectivity index (χ3v) is 21.3. The van der Waals surface area contributed by atoms with Crippen molar-refractivity contribution in [2.24, 2.45) is 17.4 Å². The summed E-state index contributed by atoms with van der Waals surface area (Å²) in [4.78, 5) is 288. The Hall–Kier alpha value is -11.9. The van der Waals surface area contributed by atoms with E-state index in [2.05, 4.69) is 78.4 Å². The molecule has 0 unspecified atom stereocenters. The van der Waals surface area contributed by atoms with Crippen LogP contribution in [0.1, 0.15) is 149 Å². The van der Waals surface area contributed by atoms with E-state index in [1.807, 2.05) is 5.32 Å². The van der Waals surface area contributed by atoms with Crippen molar-refractivity contribution in [2.75, 3.05) is 116 Å².